The molecule has 0 bridgehead atoms. The topological polar surface area (TPSA) is 81.2 Å². The lowest BCUT2D eigenvalue weighted by atomic mass is 10.0. The second kappa shape index (κ2) is 7.29. The van der Waals surface area contributed by atoms with Crippen molar-refractivity contribution in [2.24, 2.45) is 5.73 Å². The molecule has 2 amide bonds. The maximum atomic E-state index is 13.0. The van der Waals surface area contributed by atoms with Gasteiger partial charge in [-0.3, -0.25) is 14.3 Å². The van der Waals surface area contributed by atoms with Crippen molar-refractivity contribution in [2.75, 3.05) is 0 Å². The highest BCUT2D eigenvalue weighted by molar-refractivity contribution is 6.01. The molecule has 0 aliphatic rings. The van der Waals surface area contributed by atoms with E-state index in [9.17, 15) is 9.59 Å². The summed E-state index contributed by atoms with van der Waals surface area (Å²) in [5.74, 6) is -0.474. The molecule has 1 aromatic carbocycles. The molecule has 24 heavy (non-hydrogen) atoms. The Morgan fingerprint density at radius 3 is 2.38 bits per heavy atom. The molecule has 6 heteroatoms. The van der Waals surface area contributed by atoms with Crippen LogP contribution in [0.25, 0.3) is 11.1 Å². The number of carbonyl (C=O) groups excluding carboxylic acids is 2. The first-order valence-electron chi connectivity index (χ1n) is 8.04. The van der Waals surface area contributed by atoms with Crippen LogP contribution in [0, 0.1) is 0 Å². The number of hydrogen-bond donors (Lipinski definition) is 1. The molecule has 0 unspecified atom stereocenters. The summed E-state index contributed by atoms with van der Waals surface area (Å²) >= 11 is 0. The van der Waals surface area contributed by atoms with Crippen LogP contribution in [0.15, 0.2) is 36.7 Å². The summed E-state index contributed by atoms with van der Waals surface area (Å²) in [7, 11) is 0. The van der Waals surface area contributed by atoms with Crippen LogP contribution in [0.5, 0.6) is 0 Å². The van der Waals surface area contributed by atoms with Crippen LogP contribution in [0.1, 0.15) is 38.1 Å². The number of nitrogens with zero attached hydrogens (tertiary/aromatic N) is 3. The van der Waals surface area contributed by atoms with Crippen molar-refractivity contribution < 1.29 is 9.59 Å². The second-order valence-corrected chi connectivity index (χ2v) is 6.34. The monoisotopic (exact) mass is 328 g/mol. The number of aromatic nitrogens is 2. The molecule has 0 saturated heterocycles. The van der Waals surface area contributed by atoms with Crippen molar-refractivity contribution in [2.45, 2.75) is 46.3 Å². The van der Waals surface area contributed by atoms with Crippen molar-refractivity contribution in [1.29, 1.82) is 0 Å². The van der Waals surface area contributed by atoms with Crippen LogP contribution < -0.4 is 5.73 Å². The highest BCUT2D eigenvalue weighted by Gasteiger charge is 2.24. The lowest BCUT2D eigenvalue weighted by Gasteiger charge is -2.31. The minimum absolute atomic E-state index is 0.0141. The van der Waals surface area contributed by atoms with Gasteiger partial charge in [0.05, 0.1) is 6.20 Å². The lowest BCUT2D eigenvalue weighted by Crippen LogP contribution is -2.42. The Balaban J connectivity index is 2.42. The van der Waals surface area contributed by atoms with Crippen LogP contribution in [0.4, 0.5) is 0 Å². The van der Waals surface area contributed by atoms with E-state index in [0.717, 1.165) is 11.1 Å². The summed E-state index contributed by atoms with van der Waals surface area (Å²) in [5.41, 5.74) is 7.40. The van der Waals surface area contributed by atoms with E-state index < -0.39 is 5.91 Å². The Kier molecular flexibility index (Phi) is 5.39. The number of nitrogens with two attached hydrogens (primary N) is 1. The molecule has 1 heterocycles. The molecule has 1 aromatic heterocycles. The number of amides is 2. The molecule has 0 fully saturated rings. The molecule has 0 aliphatic carbocycles. The van der Waals surface area contributed by atoms with Gasteiger partial charge in [-0.25, -0.2) is 0 Å². The number of rotatable bonds is 6. The minimum atomic E-state index is -0.459. The van der Waals surface area contributed by atoms with E-state index in [-0.39, 0.29) is 24.5 Å². The van der Waals surface area contributed by atoms with Gasteiger partial charge in [0, 0.05) is 29.4 Å². The Bertz CT molecular complexity index is 726. The largest absolute Gasteiger partial charge is 0.368 e. The first kappa shape index (κ1) is 17.7. The maximum Gasteiger partial charge on any atom is 0.254 e. The average molecular weight is 328 g/mol. The SMILES string of the molecule is CC(C)N(C(=O)c1ccccc1-c1cnn(CC(N)=O)c1)C(C)C. The third-order valence-electron chi connectivity index (χ3n) is 3.77. The zero-order valence-electron chi connectivity index (χ0n) is 14.6. The Morgan fingerprint density at radius 2 is 1.79 bits per heavy atom. The van der Waals surface area contributed by atoms with E-state index in [1.165, 1.54) is 4.68 Å². The number of benzene rings is 1. The van der Waals surface area contributed by atoms with Crippen LogP contribution in [0.3, 0.4) is 0 Å². The van der Waals surface area contributed by atoms with Crippen molar-refractivity contribution in [3.8, 4) is 11.1 Å². The Hall–Kier alpha value is -2.63. The third-order valence-corrected chi connectivity index (χ3v) is 3.77. The average Bonchev–Trinajstić information content (AvgIpc) is 2.94. The van der Waals surface area contributed by atoms with Crippen LogP contribution >= 0.6 is 0 Å². The van der Waals surface area contributed by atoms with Gasteiger partial charge in [0.25, 0.3) is 5.91 Å². The first-order chi connectivity index (χ1) is 11.3. The summed E-state index contributed by atoms with van der Waals surface area (Å²) < 4.78 is 1.47. The fourth-order valence-corrected chi connectivity index (χ4v) is 2.87. The summed E-state index contributed by atoms with van der Waals surface area (Å²) in [5, 5.41) is 4.14. The van der Waals surface area contributed by atoms with E-state index in [4.69, 9.17) is 5.73 Å². The van der Waals surface area contributed by atoms with Crippen LogP contribution in [-0.4, -0.2) is 38.6 Å². The fourth-order valence-electron chi connectivity index (χ4n) is 2.87. The molecular weight excluding hydrogens is 304 g/mol. The molecule has 2 aromatic rings. The molecular formula is C18H24N4O2. The van der Waals surface area contributed by atoms with Gasteiger partial charge in [0.2, 0.25) is 5.91 Å². The van der Waals surface area contributed by atoms with Crippen LogP contribution in [0.2, 0.25) is 0 Å². The standard InChI is InChI=1S/C18H24N4O2/c1-12(2)22(13(3)4)18(24)16-8-6-5-7-15(16)14-9-20-21(10-14)11-17(19)23/h5-10,12-13H,11H2,1-4H3,(H2,19,23). The van der Waals surface area contributed by atoms with Crippen molar-refractivity contribution >= 4 is 11.8 Å². The van der Waals surface area contributed by atoms with Crippen molar-refractivity contribution in [3.05, 3.63) is 42.2 Å². The maximum absolute atomic E-state index is 13.0. The predicted molar refractivity (Wildman–Crippen MR) is 93.3 cm³/mol. The van der Waals surface area contributed by atoms with Gasteiger partial charge in [0.15, 0.2) is 0 Å². The Morgan fingerprint density at radius 1 is 1.17 bits per heavy atom. The first-order valence-corrected chi connectivity index (χ1v) is 8.04. The van der Waals surface area contributed by atoms with Crippen LogP contribution in [-0.2, 0) is 11.3 Å². The summed E-state index contributed by atoms with van der Waals surface area (Å²) in [6, 6.07) is 7.64. The van der Waals surface area contributed by atoms with E-state index in [1.807, 2.05) is 56.9 Å². The molecule has 0 radical (unpaired) electrons. The highest BCUT2D eigenvalue weighted by Crippen LogP contribution is 2.25. The van der Waals surface area contributed by atoms with E-state index >= 15 is 0 Å². The van der Waals surface area contributed by atoms with E-state index in [2.05, 4.69) is 5.10 Å². The Labute approximate surface area is 142 Å². The molecule has 128 valence electrons. The van der Waals surface area contributed by atoms with Gasteiger partial charge in [-0.15, -0.1) is 0 Å². The summed E-state index contributed by atoms with van der Waals surface area (Å²) in [6.45, 7) is 8.04. The highest BCUT2D eigenvalue weighted by atomic mass is 16.2. The van der Waals surface area contributed by atoms with E-state index in [1.54, 1.807) is 12.4 Å². The van der Waals surface area contributed by atoms with Crippen molar-refractivity contribution in [3.63, 3.8) is 0 Å². The minimum Gasteiger partial charge on any atom is -0.368 e. The van der Waals surface area contributed by atoms with E-state index in [0.29, 0.717) is 5.56 Å². The normalized spacial score (nSPS) is 11.1. The number of primary amides is 1. The molecule has 0 spiro atoms. The van der Waals surface area contributed by atoms with Gasteiger partial charge in [0.1, 0.15) is 6.54 Å². The van der Waals surface area contributed by atoms with Crippen molar-refractivity contribution in [1.82, 2.24) is 14.7 Å². The second-order valence-electron chi connectivity index (χ2n) is 6.34. The smallest absolute Gasteiger partial charge is 0.254 e. The number of hydrogen-bond acceptors (Lipinski definition) is 3. The van der Waals surface area contributed by atoms with Gasteiger partial charge < -0.3 is 10.6 Å². The van der Waals surface area contributed by atoms with Gasteiger partial charge in [-0.05, 0) is 39.3 Å². The molecule has 0 atom stereocenters. The lowest BCUT2D eigenvalue weighted by molar-refractivity contribution is -0.118. The molecule has 2 N–H and O–H groups in total. The van der Waals surface area contributed by atoms with Gasteiger partial charge in [-0.2, -0.15) is 5.10 Å². The zero-order valence-corrected chi connectivity index (χ0v) is 14.6. The van der Waals surface area contributed by atoms with Gasteiger partial charge in [-0.1, -0.05) is 18.2 Å². The molecule has 2 rings (SSSR count). The quantitative estimate of drug-likeness (QED) is 0.883. The molecule has 0 aliphatic heterocycles. The fraction of sp³-hybridized carbons (Fsp3) is 0.389. The third kappa shape index (κ3) is 3.82. The summed E-state index contributed by atoms with van der Waals surface area (Å²) in [4.78, 5) is 25.9. The summed E-state index contributed by atoms with van der Waals surface area (Å²) in [6.07, 6.45) is 3.37. The number of carbonyl (C=O) groups is 2. The van der Waals surface area contributed by atoms with Gasteiger partial charge >= 0.3 is 0 Å². The zero-order chi connectivity index (χ0) is 17.9. The molecule has 0 saturated carbocycles. The molecule has 6 nitrogen and oxygen atoms in total. The predicted octanol–water partition coefficient (Wildman–Crippen LogP) is 2.29.